The SMILES string of the molecule is CC(=O)NCCCc1nc2ccccc2n1CCCOc1cccc(C)c1. The molecule has 0 aliphatic rings. The third kappa shape index (κ3) is 5.33. The number of aromatic nitrogens is 2. The minimum Gasteiger partial charge on any atom is -0.494 e. The maximum absolute atomic E-state index is 11.0. The molecule has 1 N–H and O–H groups in total. The number of rotatable bonds is 9. The van der Waals surface area contributed by atoms with E-state index in [1.807, 2.05) is 30.3 Å². The first-order chi connectivity index (χ1) is 13.1. The van der Waals surface area contributed by atoms with Crippen molar-refractivity contribution in [3.05, 3.63) is 59.9 Å². The highest BCUT2D eigenvalue weighted by Crippen LogP contribution is 2.18. The van der Waals surface area contributed by atoms with Gasteiger partial charge in [0.05, 0.1) is 17.6 Å². The van der Waals surface area contributed by atoms with Crippen LogP contribution >= 0.6 is 0 Å². The molecule has 0 saturated carbocycles. The summed E-state index contributed by atoms with van der Waals surface area (Å²) in [4.78, 5) is 15.8. The summed E-state index contributed by atoms with van der Waals surface area (Å²) in [5.74, 6) is 2.00. The minimum atomic E-state index is 0.0109. The monoisotopic (exact) mass is 365 g/mol. The Morgan fingerprint density at radius 1 is 1.15 bits per heavy atom. The average molecular weight is 365 g/mol. The third-order valence-electron chi connectivity index (χ3n) is 4.47. The van der Waals surface area contributed by atoms with Crippen molar-refractivity contribution in [2.45, 2.75) is 39.7 Å². The molecule has 0 saturated heterocycles. The van der Waals surface area contributed by atoms with Gasteiger partial charge in [-0.25, -0.2) is 4.98 Å². The molecule has 0 atom stereocenters. The molecule has 0 radical (unpaired) electrons. The lowest BCUT2D eigenvalue weighted by molar-refractivity contribution is -0.118. The number of imidazole rings is 1. The predicted octanol–water partition coefficient (Wildman–Crippen LogP) is 3.88. The number of nitrogens with zero attached hydrogens (tertiary/aromatic N) is 2. The van der Waals surface area contributed by atoms with Gasteiger partial charge in [-0.1, -0.05) is 24.3 Å². The summed E-state index contributed by atoms with van der Waals surface area (Å²) in [5, 5.41) is 2.85. The second-order valence-electron chi connectivity index (χ2n) is 6.77. The molecule has 1 amide bonds. The van der Waals surface area contributed by atoms with Crippen LogP contribution in [0.2, 0.25) is 0 Å². The molecular formula is C22H27N3O2. The second kappa shape index (κ2) is 9.21. The zero-order valence-corrected chi connectivity index (χ0v) is 16.1. The number of aryl methyl sites for hydroxylation is 3. The van der Waals surface area contributed by atoms with E-state index < -0.39 is 0 Å². The smallest absolute Gasteiger partial charge is 0.216 e. The summed E-state index contributed by atoms with van der Waals surface area (Å²) in [6.45, 7) is 5.82. The predicted molar refractivity (Wildman–Crippen MR) is 108 cm³/mol. The van der Waals surface area contributed by atoms with Crippen LogP contribution in [0.25, 0.3) is 11.0 Å². The average Bonchev–Trinajstić information content (AvgIpc) is 3.00. The molecule has 3 rings (SSSR count). The quantitative estimate of drug-likeness (QED) is 0.586. The fourth-order valence-electron chi connectivity index (χ4n) is 3.19. The van der Waals surface area contributed by atoms with Gasteiger partial charge < -0.3 is 14.6 Å². The van der Waals surface area contributed by atoms with Crippen molar-refractivity contribution in [3.63, 3.8) is 0 Å². The molecule has 5 nitrogen and oxygen atoms in total. The van der Waals surface area contributed by atoms with E-state index in [4.69, 9.17) is 9.72 Å². The van der Waals surface area contributed by atoms with E-state index in [1.165, 1.54) is 5.56 Å². The molecule has 27 heavy (non-hydrogen) atoms. The Kier molecular flexibility index (Phi) is 6.47. The van der Waals surface area contributed by atoms with Crippen LogP contribution in [0, 0.1) is 6.92 Å². The molecule has 3 aromatic rings. The van der Waals surface area contributed by atoms with Gasteiger partial charge >= 0.3 is 0 Å². The van der Waals surface area contributed by atoms with Gasteiger partial charge in [0.15, 0.2) is 0 Å². The molecular weight excluding hydrogens is 338 g/mol. The number of nitrogens with one attached hydrogen (secondary N) is 1. The Morgan fingerprint density at radius 3 is 2.81 bits per heavy atom. The number of amides is 1. The summed E-state index contributed by atoms with van der Waals surface area (Å²) in [6.07, 6.45) is 2.63. The summed E-state index contributed by atoms with van der Waals surface area (Å²) in [7, 11) is 0. The minimum absolute atomic E-state index is 0.0109. The van der Waals surface area contributed by atoms with Crippen molar-refractivity contribution in [2.75, 3.05) is 13.2 Å². The Bertz CT molecular complexity index is 901. The summed E-state index contributed by atoms with van der Waals surface area (Å²) in [5.41, 5.74) is 3.38. The Morgan fingerprint density at radius 2 is 2.00 bits per heavy atom. The number of carbonyl (C=O) groups excluding carboxylic acids is 1. The number of hydrogen-bond acceptors (Lipinski definition) is 3. The fourth-order valence-corrected chi connectivity index (χ4v) is 3.19. The summed E-state index contributed by atoms with van der Waals surface area (Å²) >= 11 is 0. The lowest BCUT2D eigenvalue weighted by Gasteiger charge is -2.11. The molecule has 0 fully saturated rings. The maximum Gasteiger partial charge on any atom is 0.216 e. The van der Waals surface area contributed by atoms with Crippen molar-refractivity contribution >= 4 is 16.9 Å². The van der Waals surface area contributed by atoms with Crippen LogP contribution < -0.4 is 10.1 Å². The van der Waals surface area contributed by atoms with Crippen LogP contribution in [0.5, 0.6) is 5.75 Å². The van der Waals surface area contributed by atoms with E-state index in [0.717, 1.165) is 48.4 Å². The van der Waals surface area contributed by atoms with Crippen LogP contribution in [0.3, 0.4) is 0 Å². The molecule has 142 valence electrons. The van der Waals surface area contributed by atoms with Gasteiger partial charge in [-0.05, 0) is 49.6 Å². The highest BCUT2D eigenvalue weighted by Gasteiger charge is 2.10. The molecule has 0 spiro atoms. The molecule has 0 bridgehead atoms. The van der Waals surface area contributed by atoms with Crippen LogP contribution in [0.15, 0.2) is 48.5 Å². The topological polar surface area (TPSA) is 56.2 Å². The standard InChI is InChI=1S/C22H27N3O2/c1-17-8-5-9-19(16-17)27-15-7-14-25-21-11-4-3-10-20(21)24-22(25)12-6-13-23-18(2)26/h3-5,8-11,16H,6-7,12-15H2,1-2H3,(H,23,26). The van der Waals surface area contributed by atoms with E-state index in [1.54, 1.807) is 6.92 Å². The van der Waals surface area contributed by atoms with Crippen LogP contribution in [0.1, 0.15) is 31.2 Å². The molecule has 1 aromatic heterocycles. The van der Waals surface area contributed by atoms with E-state index >= 15 is 0 Å². The van der Waals surface area contributed by atoms with Gasteiger partial charge in [-0.3, -0.25) is 4.79 Å². The lowest BCUT2D eigenvalue weighted by atomic mass is 10.2. The first-order valence-corrected chi connectivity index (χ1v) is 9.51. The van der Waals surface area contributed by atoms with Gasteiger partial charge in [-0.2, -0.15) is 0 Å². The van der Waals surface area contributed by atoms with E-state index in [2.05, 4.69) is 35.0 Å². The van der Waals surface area contributed by atoms with Crippen molar-refractivity contribution in [3.8, 4) is 5.75 Å². The number of fused-ring (bicyclic) bond motifs is 1. The van der Waals surface area contributed by atoms with Crippen molar-refractivity contribution in [2.24, 2.45) is 0 Å². The van der Waals surface area contributed by atoms with Crippen molar-refractivity contribution < 1.29 is 9.53 Å². The second-order valence-corrected chi connectivity index (χ2v) is 6.77. The first kappa shape index (κ1) is 19.0. The first-order valence-electron chi connectivity index (χ1n) is 9.51. The Balaban J connectivity index is 1.61. The van der Waals surface area contributed by atoms with E-state index in [9.17, 15) is 4.79 Å². The Hall–Kier alpha value is -2.82. The number of benzene rings is 2. The van der Waals surface area contributed by atoms with Gasteiger partial charge in [0, 0.05) is 26.4 Å². The highest BCUT2D eigenvalue weighted by atomic mass is 16.5. The molecule has 0 aliphatic carbocycles. The molecule has 2 aromatic carbocycles. The number of para-hydroxylation sites is 2. The molecule has 0 unspecified atom stereocenters. The fraction of sp³-hybridized carbons (Fsp3) is 0.364. The van der Waals surface area contributed by atoms with Gasteiger partial charge in [0.2, 0.25) is 5.91 Å². The molecule has 0 aliphatic heterocycles. The van der Waals surface area contributed by atoms with Crippen molar-refractivity contribution in [1.29, 1.82) is 0 Å². The van der Waals surface area contributed by atoms with E-state index in [0.29, 0.717) is 13.2 Å². The normalized spacial score (nSPS) is 10.9. The number of carbonyl (C=O) groups is 1. The third-order valence-corrected chi connectivity index (χ3v) is 4.47. The summed E-state index contributed by atoms with van der Waals surface area (Å²) in [6, 6.07) is 16.4. The number of hydrogen-bond donors (Lipinski definition) is 1. The zero-order valence-electron chi connectivity index (χ0n) is 16.1. The largest absolute Gasteiger partial charge is 0.494 e. The number of ether oxygens (including phenoxy) is 1. The van der Waals surface area contributed by atoms with Crippen LogP contribution in [-0.4, -0.2) is 28.6 Å². The summed E-state index contributed by atoms with van der Waals surface area (Å²) < 4.78 is 8.16. The van der Waals surface area contributed by atoms with Gasteiger partial charge in [0.25, 0.3) is 0 Å². The lowest BCUT2D eigenvalue weighted by Crippen LogP contribution is -2.21. The van der Waals surface area contributed by atoms with Crippen LogP contribution in [-0.2, 0) is 17.8 Å². The van der Waals surface area contributed by atoms with E-state index in [-0.39, 0.29) is 5.91 Å². The molecule has 1 heterocycles. The van der Waals surface area contributed by atoms with Gasteiger partial charge in [0.1, 0.15) is 11.6 Å². The maximum atomic E-state index is 11.0. The van der Waals surface area contributed by atoms with Crippen LogP contribution in [0.4, 0.5) is 0 Å². The Labute approximate surface area is 160 Å². The van der Waals surface area contributed by atoms with Gasteiger partial charge in [-0.15, -0.1) is 0 Å². The highest BCUT2D eigenvalue weighted by molar-refractivity contribution is 5.76. The molecule has 5 heteroatoms. The zero-order chi connectivity index (χ0) is 19.1. The van der Waals surface area contributed by atoms with Crippen molar-refractivity contribution in [1.82, 2.24) is 14.9 Å².